The Morgan fingerprint density at radius 2 is 1.88 bits per heavy atom. The van der Waals surface area contributed by atoms with Crippen molar-refractivity contribution in [3.05, 3.63) is 40.9 Å². The number of hydrogen-bond donors (Lipinski definition) is 3. The van der Waals surface area contributed by atoms with E-state index < -0.39 is 0 Å². The third kappa shape index (κ3) is 7.51. The van der Waals surface area contributed by atoms with Crippen LogP contribution in [-0.2, 0) is 13.1 Å². The number of hydrogen-bond acceptors (Lipinski definition) is 5. The van der Waals surface area contributed by atoms with Crippen LogP contribution < -0.4 is 16.4 Å². The molecule has 1 saturated carbocycles. The Hall–Kier alpha value is -1.96. The second kappa shape index (κ2) is 10.3. The first-order valence-corrected chi connectivity index (χ1v) is 9.87. The molecule has 7 heteroatoms. The van der Waals surface area contributed by atoms with E-state index in [4.69, 9.17) is 5.73 Å². The van der Waals surface area contributed by atoms with E-state index in [9.17, 15) is 4.79 Å². The van der Waals surface area contributed by atoms with Crippen molar-refractivity contribution in [3.8, 4) is 0 Å². The summed E-state index contributed by atoms with van der Waals surface area (Å²) < 4.78 is 0. The summed E-state index contributed by atoms with van der Waals surface area (Å²) in [6.07, 6.45) is 4.50. The van der Waals surface area contributed by atoms with Crippen molar-refractivity contribution in [3.63, 3.8) is 0 Å². The molecule has 4 N–H and O–H groups in total. The van der Waals surface area contributed by atoms with E-state index in [1.807, 2.05) is 29.6 Å². The minimum Gasteiger partial charge on any atom is -0.326 e. The number of nitrogens with two attached hydrogens (primary N) is 1. The molecule has 2 amide bonds. The van der Waals surface area contributed by atoms with E-state index in [0.29, 0.717) is 17.7 Å². The highest BCUT2D eigenvalue weighted by Crippen LogP contribution is 2.18. The molecule has 1 aromatic carbocycles. The molecule has 1 fully saturated rings. The lowest BCUT2D eigenvalue weighted by Gasteiger charge is -2.19. The van der Waals surface area contributed by atoms with E-state index in [2.05, 4.69) is 41.4 Å². The molecule has 0 saturated heterocycles. The number of carbonyl (C=O) groups excluding carboxylic acids is 1. The van der Waals surface area contributed by atoms with Gasteiger partial charge in [-0.15, -0.1) is 11.3 Å². The molecule has 0 atom stereocenters. The van der Waals surface area contributed by atoms with Gasteiger partial charge in [-0.2, -0.15) is 0 Å². The predicted octanol–water partition coefficient (Wildman–Crippen LogP) is 4.26. The summed E-state index contributed by atoms with van der Waals surface area (Å²) in [5.41, 5.74) is 8.24. The first kappa shape index (κ1) is 20.4. The van der Waals surface area contributed by atoms with Crippen molar-refractivity contribution in [2.45, 2.75) is 52.2 Å². The van der Waals surface area contributed by atoms with Gasteiger partial charge in [0.2, 0.25) is 0 Å². The summed E-state index contributed by atoms with van der Waals surface area (Å²) in [5, 5.41) is 8.09. The van der Waals surface area contributed by atoms with Crippen LogP contribution in [0.5, 0.6) is 0 Å². The van der Waals surface area contributed by atoms with Gasteiger partial charge in [-0.1, -0.05) is 31.4 Å². The summed E-state index contributed by atoms with van der Waals surface area (Å²) >= 11 is 1.42. The number of nitrogens with one attached hydrogen (secondary N) is 2. The third-order valence-electron chi connectivity index (χ3n) is 3.87. The lowest BCUT2D eigenvalue weighted by atomic mass is 10.2. The zero-order valence-corrected chi connectivity index (χ0v) is 16.6. The summed E-state index contributed by atoms with van der Waals surface area (Å²) in [6, 6.07) is 7.58. The highest BCUT2D eigenvalue weighted by Gasteiger charge is 2.10. The summed E-state index contributed by atoms with van der Waals surface area (Å²) in [4.78, 5) is 18.6. The van der Waals surface area contributed by atoms with Gasteiger partial charge >= 0.3 is 6.03 Å². The summed E-state index contributed by atoms with van der Waals surface area (Å²) in [6.45, 7) is 5.51. The van der Waals surface area contributed by atoms with Gasteiger partial charge in [0.25, 0.3) is 0 Å². The lowest BCUT2D eigenvalue weighted by Crippen LogP contribution is -2.25. The third-order valence-corrected chi connectivity index (χ3v) is 4.67. The SMILES string of the molecule is C1CC1.CC(C)N(C)Cc1csc(NC(=O)Nc2ccc(CN)cc2)n1. The molecule has 3 rings (SSSR count). The van der Waals surface area contributed by atoms with Crippen LogP contribution in [0.1, 0.15) is 44.4 Å². The number of nitrogens with zero attached hydrogens (tertiary/aromatic N) is 2. The Morgan fingerprint density at radius 3 is 2.42 bits per heavy atom. The molecule has 0 bridgehead atoms. The van der Waals surface area contributed by atoms with E-state index in [1.54, 1.807) is 0 Å². The average Bonchev–Trinajstić information content (AvgIpc) is 3.44. The molecule has 0 unspecified atom stereocenters. The van der Waals surface area contributed by atoms with Crippen molar-refractivity contribution >= 4 is 28.2 Å². The summed E-state index contributed by atoms with van der Waals surface area (Å²) in [5.74, 6) is 0. The Kier molecular flexibility index (Phi) is 8.03. The lowest BCUT2D eigenvalue weighted by molar-refractivity contribution is 0.261. The first-order valence-electron chi connectivity index (χ1n) is 8.99. The highest BCUT2D eigenvalue weighted by molar-refractivity contribution is 7.13. The molecular formula is C19H29N5OS. The molecule has 0 radical (unpaired) electrons. The summed E-state index contributed by atoms with van der Waals surface area (Å²) in [7, 11) is 2.05. The predicted molar refractivity (Wildman–Crippen MR) is 110 cm³/mol. The number of benzene rings is 1. The van der Waals surface area contributed by atoms with Gasteiger partial charge in [0.05, 0.1) is 5.69 Å². The topological polar surface area (TPSA) is 83.3 Å². The van der Waals surface area contributed by atoms with Crippen LogP contribution >= 0.6 is 11.3 Å². The van der Waals surface area contributed by atoms with E-state index in [0.717, 1.165) is 23.5 Å². The van der Waals surface area contributed by atoms with Crippen LogP contribution in [0.3, 0.4) is 0 Å². The smallest absolute Gasteiger partial charge is 0.325 e. The Balaban J connectivity index is 0.000000732. The number of urea groups is 1. The van der Waals surface area contributed by atoms with Crippen LogP contribution in [-0.4, -0.2) is 29.0 Å². The van der Waals surface area contributed by atoms with Gasteiger partial charge < -0.3 is 11.1 Å². The molecule has 142 valence electrons. The minimum atomic E-state index is -0.302. The normalized spacial score (nSPS) is 12.5. The van der Waals surface area contributed by atoms with Gasteiger partial charge in [0.15, 0.2) is 5.13 Å². The van der Waals surface area contributed by atoms with Crippen molar-refractivity contribution in [1.29, 1.82) is 0 Å². The fourth-order valence-electron chi connectivity index (χ4n) is 1.86. The van der Waals surface area contributed by atoms with E-state index in [-0.39, 0.29) is 6.03 Å². The minimum absolute atomic E-state index is 0.302. The van der Waals surface area contributed by atoms with Gasteiger partial charge in [0.1, 0.15) is 0 Å². The zero-order valence-electron chi connectivity index (χ0n) is 15.8. The van der Waals surface area contributed by atoms with Gasteiger partial charge in [-0.05, 0) is 38.6 Å². The zero-order chi connectivity index (χ0) is 18.9. The second-order valence-electron chi connectivity index (χ2n) is 6.69. The van der Waals surface area contributed by atoms with Crippen LogP contribution in [0.25, 0.3) is 0 Å². The number of rotatable bonds is 6. The highest BCUT2D eigenvalue weighted by atomic mass is 32.1. The molecule has 1 aliphatic rings. The maximum atomic E-state index is 12.0. The fourth-order valence-corrected chi connectivity index (χ4v) is 2.56. The van der Waals surface area contributed by atoms with Gasteiger partial charge in [-0.25, -0.2) is 9.78 Å². The maximum Gasteiger partial charge on any atom is 0.325 e. The van der Waals surface area contributed by atoms with Crippen molar-refractivity contribution in [2.75, 3.05) is 17.7 Å². The molecular weight excluding hydrogens is 346 g/mol. The molecule has 1 aliphatic carbocycles. The monoisotopic (exact) mass is 375 g/mol. The van der Waals surface area contributed by atoms with Crippen LogP contribution in [0.4, 0.5) is 15.6 Å². The van der Waals surface area contributed by atoms with Crippen molar-refractivity contribution < 1.29 is 4.79 Å². The standard InChI is InChI=1S/C16H23N5OS.C3H6/c1-11(2)21(3)9-14-10-23-16(19-14)20-15(22)18-13-6-4-12(8-17)5-7-13;1-2-3-1/h4-7,10-11H,8-9,17H2,1-3H3,(H2,18,19,20,22);1-3H2. The Bertz CT molecular complexity index is 679. The van der Waals surface area contributed by atoms with E-state index in [1.165, 1.54) is 30.6 Å². The number of amides is 2. The van der Waals surface area contributed by atoms with Crippen molar-refractivity contribution in [2.24, 2.45) is 5.73 Å². The fraction of sp³-hybridized carbons (Fsp3) is 0.474. The Morgan fingerprint density at radius 1 is 1.23 bits per heavy atom. The van der Waals surface area contributed by atoms with Crippen LogP contribution in [0.15, 0.2) is 29.6 Å². The largest absolute Gasteiger partial charge is 0.326 e. The maximum absolute atomic E-state index is 12.0. The van der Waals surface area contributed by atoms with Crippen molar-refractivity contribution in [1.82, 2.24) is 9.88 Å². The van der Waals surface area contributed by atoms with Gasteiger partial charge in [0, 0.05) is 30.2 Å². The molecule has 0 spiro atoms. The molecule has 1 heterocycles. The number of aromatic nitrogens is 1. The average molecular weight is 376 g/mol. The number of carbonyl (C=O) groups is 1. The molecule has 2 aromatic rings. The second-order valence-corrected chi connectivity index (χ2v) is 7.55. The first-order chi connectivity index (χ1) is 12.5. The molecule has 26 heavy (non-hydrogen) atoms. The van der Waals surface area contributed by atoms with Gasteiger partial charge in [-0.3, -0.25) is 10.2 Å². The van der Waals surface area contributed by atoms with Crippen LogP contribution in [0, 0.1) is 0 Å². The van der Waals surface area contributed by atoms with Crippen LogP contribution in [0.2, 0.25) is 0 Å². The number of thiazole rings is 1. The van der Waals surface area contributed by atoms with E-state index >= 15 is 0 Å². The Labute approximate surface area is 159 Å². The quantitative estimate of drug-likeness (QED) is 0.704. The molecule has 0 aliphatic heterocycles. The molecule has 6 nitrogen and oxygen atoms in total. The molecule has 1 aromatic heterocycles. The number of anilines is 2.